The Bertz CT molecular complexity index is 1370. The topological polar surface area (TPSA) is 54.6 Å². The molecule has 2 aliphatic heterocycles. The maximum absolute atomic E-state index is 9.84. The minimum Gasteiger partial charge on any atom is -0.456 e. The van der Waals surface area contributed by atoms with Crippen molar-refractivity contribution in [3.8, 4) is 11.1 Å². The third kappa shape index (κ3) is 3.19. The normalized spacial score (nSPS) is 23.9. The van der Waals surface area contributed by atoms with Crippen LogP contribution in [0.3, 0.4) is 0 Å². The van der Waals surface area contributed by atoms with Gasteiger partial charge in [0.15, 0.2) is 0 Å². The Kier molecular flexibility index (Phi) is 5.20. The first-order chi connectivity index (χ1) is 16.5. The number of furan rings is 1. The molecule has 4 nitrogen and oxygen atoms in total. The van der Waals surface area contributed by atoms with Gasteiger partial charge in [0.2, 0.25) is 0 Å². The van der Waals surface area contributed by atoms with E-state index >= 15 is 0 Å². The molecule has 2 N–H and O–H groups in total. The smallest absolute Gasteiger partial charge is 0.136 e. The number of hydrogen-bond donors (Lipinski definition) is 2. The summed E-state index contributed by atoms with van der Waals surface area (Å²) in [5, 5.41) is 16.1. The molecule has 0 spiro atoms. The molecule has 4 heteroatoms. The molecule has 6 rings (SSSR count). The molecule has 34 heavy (non-hydrogen) atoms. The van der Waals surface area contributed by atoms with E-state index in [1.807, 2.05) is 12.1 Å². The van der Waals surface area contributed by atoms with Gasteiger partial charge in [-0.15, -0.1) is 0 Å². The molecule has 0 saturated carbocycles. The van der Waals surface area contributed by atoms with Gasteiger partial charge in [-0.25, -0.2) is 0 Å². The van der Waals surface area contributed by atoms with Crippen molar-refractivity contribution >= 4 is 27.6 Å². The summed E-state index contributed by atoms with van der Waals surface area (Å²) in [5.41, 5.74) is 7.88. The van der Waals surface area contributed by atoms with Gasteiger partial charge in [-0.3, -0.25) is 0 Å². The van der Waals surface area contributed by atoms with Crippen LogP contribution in [0.2, 0.25) is 0 Å². The van der Waals surface area contributed by atoms with Crippen LogP contribution in [-0.2, 0) is 4.74 Å². The number of hydrogen-bond acceptors (Lipinski definition) is 4. The largest absolute Gasteiger partial charge is 0.456 e. The van der Waals surface area contributed by atoms with Gasteiger partial charge in [0.05, 0.1) is 11.6 Å². The number of rotatable bonds is 5. The van der Waals surface area contributed by atoms with E-state index in [0.717, 1.165) is 41.4 Å². The highest BCUT2D eigenvalue weighted by Crippen LogP contribution is 2.52. The van der Waals surface area contributed by atoms with E-state index in [-0.39, 0.29) is 18.2 Å². The fourth-order valence-corrected chi connectivity index (χ4v) is 6.25. The Morgan fingerprint density at radius 1 is 1.06 bits per heavy atom. The first-order valence-corrected chi connectivity index (χ1v) is 12.7. The highest BCUT2D eigenvalue weighted by atomic mass is 16.5. The quantitative estimate of drug-likeness (QED) is 0.334. The van der Waals surface area contributed by atoms with Crippen molar-refractivity contribution in [2.24, 2.45) is 0 Å². The second kappa shape index (κ2) is 8.14. The van der Waals surface area contributed by atoms with Gasteiger partial charge in [-0.1, -0.05) is 51.1 Å². The molecule has 4 aromatic rings. The fraction of sp³-hybridized carbons (Fsp3) is 0.400. The van der Waals surface area contributed by atoms with E-state index in [1.165, 1.54) is 27.9 Å². The van der Waals surface area contributed by atoms with Crippen LogP contribution in [0.1, 0.15) is 63.0 Å². The van der Waals surface area contributed by atoms with E-state index in [2.05, 4.69) is 68.6 Å². The molecule has 176 valence electrons. The Labute approximate surface area is 200 Å². The van der Waals surface area contributed by atoms with E-state index in [4.69, 9.17) is 9.15 Å². The summed E-state index contributed by atoms with van der Waals surface area (Å²) in [6.07, 6.45) is 2.54. The molecule has 3 heterocycles. The predicted octanol–water partition coefficient (Wildman–Crippen LogP) is 7.21. The molecule has 0 amide bonds. The van der Waals surface area contributed by atoms with Gasteiger partial charge in [0.25, 0.3) is 0 Å². The zero-order valence-electron chi connectivity index (χ0n) is 20.2. The van der Waals surface area contributed by atoms with Crippen molar-refractivity contribution in [1.82, 2.24) is 0 Å². The number of nitrogens with one attached hydrogen (secondary N) is 1. The van der Waals surface area contributed by atoms with Crippen LogP contribution in [0.5, 0.6) is 0 Å². The van der Waals surface area contributed by atoms with Crippen LogP contribution >= 0.6 is 0 Å². The standard InChI is InChI=1S/C30H33NO3/c1-4-30(12-13-32)29-23(11-14-33-30)25-16-20(18(2)3)15-24(28(25)31-29)19-9-10-22-21-7-5-6-8-26(21)34-27(22)17-19/h5-10,15-18,23,29,31-32H,4,11-14H2,1-3H3. The molecule has 3 aromatic carbocycles. The maximum Gasteiger partial charge on any atom is 0.136 e. The fourth-order valence-electron chi connectivity index (χ4n) is 6.25. The summed E-state index contributed by atoms with van der Waals surface area (Å²) >= 11 is 0. The van der Waals surface area contributed by atoms with Crippen LogP contribution in [0.4, 0.5) is 5.69 Å². The summed E-state index contributed by atoms with van der Waals surface area (Å²) in [7, 11) is 0. The van der Waals surface area contributed by atoms with Crippen molar-refractivity contribution < 1.29 is 14.3 Å². The third-order valence-corrected chi connectivity index (χ3v) is 8.17. The second-order valence-electron chi connectivity index (χ2n) is 10.3. The van der Waals surface area contributed by atoms with E-state index in [1.54, 1.807) is 0 Å². The number of anilines is 1. The molecule has 3 atom stereocenters. The van der Waals surface area contributed by atoms with Crippen LogP contribution < -0.4 is 5.32 Å². The number of benzene rings is 3. The number of ether oxygens (including phenoxy) is 1. The molecule has 1 fully saturated rings. The summed E-state index contributed by atoms with van der Waals surface area (Å²) in [4.78, 5) is 0. The summed E-state index contributed by atoms with van der Waals surface area (Å²) in [5.74, 6) is 0.828. The van der Waals surface area contributed by atoms with Crippen LogP contribution in [0.25, 0.3) is 33.1 Å². The van der Waals surface area contributed by atoms with Gasteiger partial charge < -0.3 is 19.6 Å². The average Bonchev–Trinajstić information content (AvgIpc) is 3.42. The number of fused-ring (bicyclic) bond motifs is 6. The van der Waals surface area contributed by atoms with Crippen molar-refractivity contribution in [3.05, 3.63) is 65.7 Å². The average molecular weight is 456 g/mol. The van der Waals surface area contributed by atoms with Crippen molar-refractivity contribution in [3.63, 3.8) is 0 Å². The minimum absolute atomic E-state index is 0.141. The van der Waals surface area contributed by atoms with Crippen molar-refractivity contribution in [2.75, 3.05) is 18.5 Å². The molecule has 2 aliphatic rings. The lowest BCUT2D eigenvalue weighted by atomic mass is 9.76. The molecule has 1 saturated heterocycles. The predicted molar refractivity (Wildman–Crippen MR) is 139 cm³/mol. The molecule has 1 aromatic heterocycles. The van der Waals surface area contributed by atoms with E-state index in [9.17, 15) is 5.11 Å². The van der Waals surface area contributed by atoms with Gasteiger partial charge in [0, 0.05) is 47.6 Å². The molecular weight excluding hydrogens is 422 g/mol. The zero-order chi connectivity index (χ0) is 23.4. The minimum atomic E-state index is -0.339. The summed E-state index contributed by atoms with van der Waals surface area (Å²) < 4.78 is 12.6. The first-order valence-electron chi connectivity index (χ1n) is 12.7. The molecule has 0 radical (unpaired) electrons. The molecule has 3 unspecified atom stereocenters. The lowest BCUT2D eigenvalue weighted by Crippen LogP contribution is -2.53. The van der Waals surface area contributed by atoms with Gasteiger partial charge in [-0.2, -0.15) is 0 Å². The Hall–Kier alpha value is -2.82. The summed E-state index contributed by atoms with van der Waals surface area (Å²) in [6, 6.07) is 19.8. The second-order valence-corrected chi connectivity index (χ2v) is 10.3. The van der Waals surface area contributed by atoms with E-state index < -0.39 is 0 Å². The van der Waals surface area contributed by atoms with E-state index in [0.29, 0.717) is 18.3 Å². The number of aliphatic hydroxyl groups is 1. The first kappa shape index (κ1) is 21.7. The highest BCUT2D eigenvalue weighted by Gasteiger charge is 2.50. The Morgan fingerprint density at radius 2 is 1.88 bits per heavy atom. The van der Waals surface area contributed by atoms with Crippen LogP contribution in [-0.4, -0.2) is 30.0 Å². The molecular formula is C30H33NO3. The lowest BCUT2D eigenvalue weighted by molar-refractivity contribution is -0.105. The molecule has 0 aliphatic carbocycles. The van der Waals surface area contributed by atoms with Gasteiger partial charge in [-0.05, 0) is 59.7 Å². The van der Waals surface area contributed by atoms with Gasteiger partial charge >= 0.3 is 0 Å². The van der Waals surface area contributed by atoms with Gasteiger partial charge in [0.1, 0.15) is 11.2 Å². The van der Waals surface area contributed by atoms with Crippen LogP contribution in [0.15, 0.2) is 59.0 Å². The SMILES string of the molecule is CCC1(CCO)OCCC2c3cc(C(C)C)cc(-c4ccc5c(c4)oc4ccccc45)c3NC21. The monoisotopic (exact) mass is 455 g/mol. The Balaban J connectivity index is 1.52. The van der Waals surface area contributed by atoms with Crippen molar-refractivity contribution in [1.29, 1.82) is 0 Å². The maximum atomic E-state index is 9.84. The zero-order valence-corrected chi connectivity index (χ0v) is 20.2. The third-order valence-electron chi connectivity index (χ3n) is 8.17. The van der Waals surface area contributed by atoms with Crippen molar-refractivity contribution in [2.45, 2.75) is 63.5 Å². The highest BCUT2D eigenvalue weighted by molar-refractivity contribution is 6.06. The molecule has 0 bridgehead atoms. The number of aliphatic hydroxyl groups excluding tert-OH is 1. The van der Waals surface area contributed by atoms with Crippen LogP contribution in [0, 0.1) is 0 Å². The summed E-state index contributed by atoms with van der Waals surface area (Å²) in [6.45, 7) is 7.59. The lowest BCUT2D eigenvalue weighted by Gasteiger charge is -2.45. The Morgan fingerprint density at radius 3 is 2.68 bits per heavy atom. The number of para-hydroxylation sites is 1.